The summed E-state index contributed by atoms with van der Waals surface area (Å²) in [4.78, 5) is 34.5. The molecule has 8 nitrogen and oxygen atoms in total. The van der Waals surface area contributed by atoms with E-state index in [1.54, 1.807) is 12.3 Å². The maximum Gasteiger partial charge on any atom is 0.272 e. The van der Waals surface area contributed by atoms with E-state index in [1.807, 2.05) is 43.1 Å². The van der Waals surface area contributed by atoms with Gasteiger partial charge in [-0.1, -0.05) is 0 Å². The standard InChI is InChI=1S/C27H32N6O2/c1-15-13-28-16(2)23(15)21-10-7-19(14-29-21)30-27(35)25(24(17-3-4-17)18-5-6-18)31-26(34)22-11-12-33(32-22)20-8-9-20/h7,10-14,17-18,20,24-25,28H,3-6,8-9H2,1-2H3,(H,30,35)(H,31,34)/t25-/m0/s1. The monoisotopic (exact) mass is 472 g/mol. The molecular weight excluding hydrogens is 440 g/mol. The van der Waals surface area contributed by atoms with Crippen LogP contribution in [-0.4, -0.2) is 37.6 Å². The Kier molecular flexibility index (Phi) is 5.46. The molecule has 6 rings (SSSR count). The number of hydrogen-bond donors (Lipinski definition) is 3. The van der Waals surface area contributed by atoms with E-state index in [4.69, 9.17) is 0 Å². The minimum atomic E-state index is -0.581. The van der Waals surface area contributed by atoms with Crippen LogP contribution < -0.4 is 10.6 Å². The van der Waals surface area contributed by atoms with Gasteiger partial charge in [-0.05, 0) is 93.9 Å². The summed E-state index contributed by atoms with van der Waals surface area (Å²) in [5.74, 6) is 0.724. The number of hydrogen-bond acceptors (Lipinski definition) is 4. The van der Waals surface area contributed by atoms with Gasteiger partial charge in [-0.15, -0.1) is 0 Å². The van der Waals surface area contributed by atoms with Gasteiger partial charge >= 0.3 is 0 Å². The van der Waals surface area contributed by atoms with Crippen molar-refractivity contribution in [2.24, 2.45) is 17.8 Å². The second-order valence-corrected chi connectivity index (χ2v) is 10.5. The van der Waals surface area contributed by atoms with Crippen molar-refractivity contribution in [3.63, 3.8) is 0 Å². The maximum absolute atomic E-state index is 13.5. The summed E-state index contributed by atoms with van der Waals surface area (Å²) in [5.41, 5.74) is 5.16. The fraction of sp³-hybridized carbons (Fsp3) is 0.481. The number of nitrogens with zero attached hydrogens (tertiary/aromatic N) is 3. The Morgan fingerprint density at radius 3 is 2.37 bits per heavy atom. The Balaban J connectivity index is 1.20. The molecule has 35 heavy (non-hydrogen) atoms. The topological polar surface area (TPSA) is 105 Å². The third-order valence-corrected chi connectivity index (χ3v) is 7.61. The third-order valence-electron chi connectivity index (χ3n) is 7.61. The number of nitrogens with one attached hydrogen (secondary N) is 3. The highest BCUT2D eigenvalue weighted by atomic mass is 16.2. The van der Waals surface area contributed by atoms with E-state index in [1.165, 1.54) is 0 Å². The van der Waals surface area contributed by atoms with E-state index >= 15 is 0 Å². The van der Waals surface area contributed by atoms with E-state index in [0.29, 0.717) is 29.3 Å². The van der Waals surface area contributed by atoms with Crippen molar-refractivity contribution in [2.75, 3.05) is 5.32 Å². The average Bonchev–Trinajstić information content (AvgIpc) is 3.74. The Morgan fingerprint density at radius 2 is 1.80 bits per heavy atom. The van der Waals surface area contributed by atoms with Crippen LogP contribution >= 0.6 is 0 Å². The first-order valence-electron chi connectivity index (χ1n) is 12.8. The number of rotatable bonds is 9. The summed E-state index contributed by atoms with van der Waals surface area (Å²) in [6, 6.07) is 5.39. The number of H-pyrrole nitrogens is 1. The van der Waals surface area contributed by atoms with Crippen molar-refractivity contribution in [3.8, 4) is 11.3 Å². The molecule has 3 saturated carbocycles. The van der Waals surface area contributed by atoms with Crippen LogP contribution in [0.15, 0.2) is 36.8 Å². The first kappa shape index (κ1) is 22.1. The third kappa shape index (κ3) is 4.61. The number of aryl methyl sites for hydroxylation is 2. The summed E-state index contributed by atoms with van der Waals surface area (Å²) in [5, 5.41) is 10.6. The normalized spacial score (nSPS) is 18.5. The Labute approximate surface area is 204 Å². The summed E-state index contributed by atoms with van der Waals surface area (Å²) in [6.45, 7) is 4.07. The minimum absolute atomic E-state index is 0.168. The average molecular weight is 473 g/mol. The van der Waals surface area contributed by atoms with Crippen molar-refractivity contribution >= 4 is 17.5 Å². The lowest BCUT2D eigenvalue weighted by molar-refractivity contribution is -0.119. The molecule has 1 atom stereocenters. The molecule has 3 aliphatic carbocycles. The molecule has 3 heterocycles. The first-order chi connectivity index (χ1) is 17.0. The molecule has 0 radical (unpaired) electrons. The fourth-order valence-corrected chi connectivity index (χ4v) is 5.33. The molecule has 8 heteroatoms. The predicted octanol–water partition coefficient (Wildman–Crippen LogP) is 4.40. The minimum Gasteiger partial charge on any atom is -0.364 e. The molecule has 0 unspecified atom stereocenters. The molecule has 3 aromatic heterocycles. The molecule has 3 fully saturated rings. The lowest BCUT2D eigenvalue weighted by atomic mass is 9.88. The number of pyridine rings is 1. The Morgan fingerprint density at radius 1 is 1.06 bits per heavy atom. The molecule has 0 bridgehead atoms. The van der Waals surface area contributed by atoms with E-state index in [-0.39, 0.29) is 17.7 Å². The molecule has 3 N–H and O–H groups in total. The predicted molar refractivity (Wildman–Crippen MR) is 133 cm³/mol. The molecule has 0 aliphatic heterocycles. The highest BCUT2D eigenvalue weighted by Gasteiger charge is 2.48. The largest absolute Gasteiger partial charge is 0.364 e. The van der Waals surface area contributed by atoms with Crippen molar-refractivity contribution in [1.82, 2.24) is 25.1 Å². The highest BCUT2D eigenvalue weighted by Crippen LogP contribution is 2.51. The molecular formula is C27H32N6O2. The highest BCUT2D eigenvalue weighted by molar-refractivity contribution is 6.00. The molecule has 0 aromatic carbocycles. The zero-order valence-corrected chi connectivity index (χ0v) is 20.3. The van der Waals surface area contributed by atoms with Crippen molar-refractivity contribution < 1.29 is 9.59 Å². The Bertz CT molecular complexity index is 1220. The van der Waals surface area contributed by atoms with Gasteiger partial charge in [-0.2, -0.15) is 5.10 Å². The lowest BCUT2D eigenvalue weighted by Gasteiger charge is -2.27. The van der Waals surface area contributed by atoms with Gasteiger partial charge < -0.3 is 15.6 Å². The van der Waals surface area contributed by atoms with Crippen LogP contribution in [0.3, 0.4) is 0 Å². The lowest BCUT2D eigenvalue weighted by Crippen LogP contribution is -2.50. The molecule has 0 spiro atoms. The smallest absolute Gasteiger partial charge is 0.272 e. The van der Waals surface area contributed by atoms with Crippen molar-refractivity contribution in [2.45, 2.75) is 64.5 Å². The molecule has 182 valence electrons. The van der Waals surface area contributed by atoms with Gasteiger partial charge in [0.15, 0.2) is 0 Å². The molecule has 2 amide bonds. The second-order valence-electron chi connectivity index (χ2n) is 10.5. The van der Waals surface area contributed by atoms with Crippen LogP contribution in [0.25, 0.3) is 11.3 Å². The van der Waals surface area contributed by atoms with Crippen molar-refractivity contribution in [3.05, 3.63) is 53.7 Å². The number of amides is 2. The van der Waals surface area contributed by atoms with Gasteiger partial charge in [-0.3, -0.25) is 19.3 Å². The summed E-state index contributed by atoms with van der Waals surface area (Å²) >= 11 is 0. The van der Waals surface area contributed by atoms with E-state index < -0.39 is 6.04 Å². The van der Waals surface area contributed by atoms with E-state index in [9.17, 15) is 9.59 Å². The van der Waals surface area contributed by atoms with Crippen molar-refractivity contribution in [1.29, 1.82) is 0 Å². The first-order valence-corrected chi connectivity index (χ1v) is 12.8. The van der Waals surface area contributed by atoms with Gasteiger partial charge in [0.05, 0.1) is 23.6 Å². The maximum atomic E-state index is 13.5. The number of anilines is 1. The van der Waals surface area contributed by atoms with Crippen LogP contribution in [0.1, 0.15) is 66.3 Å². The molecule has 0 saturated heterocycles. The number of aromatic amines is 1. The van der Waals surface area contributed by atoms with Crippen LogP contribution in [-0.2, 0) is 4.79 Å². The number of aromatic nitrogens is 4. The van der Waals surface area contributed by atoms with Gasteiger partial charge in [0, 0.05) is 23.7 Å². The zero-order valence-electron chi connectivity index (χ0n) is 20.3. The van der Waals surface area contributed by atoms with Crippen LogP contribution in [0.2, 0.25) is 0 Å². The van der Waals surface area contributed by atoms with Gasteiger partial charge in [0.2, 0.25) is 5.91 Å². The van der Waals surface area contributed by atoms with Gasteiger partial charge in [0.1, 0.15) is 11.7 Å². The second kappa shape index (κ2) is 8.66. The van der Waals surface area contributed by atoms with E-state index in [0.717, 1.165) is 61.0 Å². The molecule has 3 aliphatic rings. The quantitative estimate of drug-likeness (QED) is 0.429. The van der Waals surface area contributed by atoms with Crippen LogP contribution in [0, 0.1) is 31.6 Å². The summed E-state index contributed by atoms with van der Waals surface area (Å²) in [6.07, 6.45) is 12.3. The van der Waals surface area contributed by atoms with Crippen LogP contribution in [0.5, 0.6) is 0 Å². The van der Waals surface area contributed by atoms with Gasteiger partial charge in [0.25, 0.3) is 5.91 Å². The van der Waals surface area contributed by atoms with E-state index in [2.05, 4.69) is 25.7 Å². The summed E-state index contributed by atoms with van der Waals surface area (Å²) in [7, 11) is 0. The molecule has 3 aromatic rings. The number of carbonyl (C=O) groups excluding carboxylic acids is 2. The number of carbonyl (C=O) groups is 2. The van der Waals surface area contributed by atoms with Gasteiger partial charge in [-0.25, -0.2) is 0 Å². The van der Waals surface area contributed by atoms with Crippen LogP contribution in [0.4, 0.5) is 5.69 Å². The SMILES string of the molecule is Cc1c[nH]c(C)c1-c1ccc(NC(=O)[C@@H](NC(=O)c2ccn(C3CC3)n2)C(C2CC2)C2CC2)cn1. The fourth-order valence-electron chi connectivity index (χ4n) is 5.33. The zero-order chi connectivity index (χ0) is 24.1. The summed E-state index contributed by atoms with van der Waals surface area (Å²) < 4.78 is 1.87. The Hall–Kier alpha value is -3.42.